The molecule has 17 heavy (non-hydrogen) atoms. The van der Waals surface area contributed by atoms with Crippen LogP contribution in [-0.4, -0.2) is 25.2 Å². The van der Waals surface area contributed by atoms with Gasteiger partial charge in [-0.15, -0.1) is 0 Å². The average molecular weight is 266 g/mol. The summed E-state index contributed by atoms with van der Waals surface area (Å²) in [6.45, 7) is 0. The zero-order chi connectivity index (χ0) is 13.0. The maximum atomic E-state index is 12.6. The highest BCUT2D eigenvalue weighted by molar-refractivity contribution is 6.32. The van der Waals surface area contributed by atoms with Gasteiger partial charge in [0.2, 0.25) is 0 Å². The fourth-order valence-electron chi connectivity index (χ4n) is 1.18. The van der Waals surface area contributed by atoms with Crippen LogP contribution in [0.1, 0.15) is 17.8 Å². The molecule has 1 rings (SSSR count). The van der Waals surface area contributed by atoms with Crippen molar-refractivity contribution >= 4 is 17.6 Å². The van der Waals surface area contributed by atoms with Crippen LogP contribution in [-0.2, 0) is 16.0 Å². The number of hydrogen-bond donors (Lipinski definition) is 0. The first-order valence-corrected chi connectivity index (χ1v) is 4.95. The van der Waals surface area contributed by atoms with E-state index in [0.29, 0.717) is 0 Å². The summed E-state index contributed by atoms with van der Waals surface area (Å²) in [5.74, 6) is -0.530. The van der Waals surface area contributed by atoms with Crippen molar-refractivity contribution in [3.63, 3.8) is 0 Å². The molecule has 0 saturated heterocycles. The molecule has 94 valence electrons. The van der Waals surface area contributed by atoms with E-state index in [4.69, 9.17) is 16.3 Å². The lowest BCUT2D eigenvalue weighted by Crippen LogP contribution is -2.08. The highest BCUT2D eigenvalue weighted by atomic mass is 35.5. The Morgan fingerprint density at radius 2 is 2.18 bits per heavy atom. The Labute approximate surface area is 101 Å². The van der Waals surface area contributed by atoms with Gasteiger partial charge >= 0.3 is 5.97 Å². The minimum Gasteiger partial charge on any atom is -0.495 e. The van der Waals surface area contributed by atoms with Crippen LogP contribution in [0.5, 0.6) is 5.75 Å². The second-order valence-electron chi connectivity index (χ2n) is 3.07. The molecule has 0 aliphatic rings. The summed E-state index contributed by atoms with van der Waals surface area (Å²) < 4.78 is 34.5. The molecule has 0 bridgehead atoms. The zero-order valence-electron chi connectivity index (χ0n) is 9.17. The van der Waals surface area contributed by atoms with Gasteiger partial charge in [-0.1, -0.05) is 11.6 Å². The number of carbonyl (C=O) groups is 1. The number of halogens is 3. The van der Waals surface area contributed by atoms with E-state index >= 15 is 0 Å². The maximum absolute atomic E-state index is 12.6. The van der Waals surface area contributed by atoms with Crippen molar-refractivity contribution in [2.24, 2.45) is 0 Å². The van der Waals surface area contributed by atoms with Crippen molar-refractivity contribution in [2.45, 2.75) is 12.8 Å². The van der Waals surface area contributed by atoms with Crippen LogP contribution in [0.25, 0.3) is 0 Å². The summed E-state index contributed by atoms with van der Waals surface area (Å²) in [6.07, 6.45) is -3.06. The summed E-state index contributed by atoms with van der Waals surface area (Å²) in [5, 5.41) is -0.254. The van der Waals surface area contributed by atoms with Gasteiger partial charge < -0.3 is 9.47 Å². The Bertz CT molecular complexity index is 426. The standard InChI is InChI=1S/C10H10ClF2NO3/c1-16-6-3-5(4-7(15)17-2)14-9(8(6)11)10(12)13/h3,10H,4H2,1-2H3. The van der Waals surface area contributed by atoms with Crippen LogP contribution in [0.4, 0.5) is 8.78 Å². The molecule has 0 aromatic carbocycles. The van der Waals surface area contributed by atoms with E-state index in [9.17, 15) is 13.6 Å². The third-order valence-electron chi connectivity index (χ3n) is 1.98. The first kappa shape index (κ1) is 13.6. The molecule has 1 aromatic heterocycles. The van der Waals surface area contributed by atoms with Crippen molar-refractivity contribution < 1.29 is 23.0 Å². The van der Waals surface area contributed by atoms with Crippen molar-refractivity contribution in [3.05, 3.63) is 22.5 Å². The Balaban J connectivity index is 3.15. The SMILES string of the molecule is COC(=O)Cc1cc(OC)c(Cl)c(C(F)F)n1. The topological polar surface area (TPSA) is 48.4 Å². The molecule has 1 heterocycles. The Kier molecular flexibility index (Phi) is 4.62. The highest BCUT2D eigenvalue weighted by Gasteiger charge is 2.20. The highest BCUT2D eigenvalue weighted by Crippen LogP contribution is 2.33. The minimum atomic E-state index is -2.84. The van der Waals surface area contributed by atoms with Crippen LogP contribution in [0.2, 0.25) is 5.02 Å². The molecule has 0 amide bonds. The van der Waals surface area contributed by atoms with Gasteiger partial charge in [-0.3, -0.25) is 4.79 Å². The van der Waals surface area contributed by atoms with Crippen molar-refractivity contribution in [3.8, 4) is 5.75 Å². The minimum absolute atomic E-state index is 0.0517. The lowest BCUT2D eigenvalue weighted by molar-refractivity contribution is -0.139. The van der Waals surface area contributed by atoms with E-state index in [1.807, 2.05) is 0 Å². The number of rotatable bonds is 4. The number of carbonyl (C=O) groups excluding carboxylic acids is 1. The fourth-order valence-corrected chi connectivity index (χ4v) is 1.44. The van der Waals surface area contributed by atoms with Crippen molar-refractivity contribution in [1.29, 1.82) is 0 Å². The van der Waals surface area contributed by atoms with E-state index in [-0.39, 0.29) is 22.9 Å². The predicted octanol–water partition coefficient (Wildman–Crippen LogP) is 2.40. The summed E-state index contributed by atoms with van der Waals surface area (Å²) >= 11 is 5.66. The maximum Gasteiger partial charge on any atom is 0.311 e. The van der Waals surface area contributed by atoms with Gasteiger partial charge in [0.15, 0.2) is 0 Å². The number of esters is 1. The quantitative estimate of drug-likeness (QED) is 0.785. The molecule has 0 aliphatic heterocycles. The smallest absolute Gasteiger partial charge is 0.311 e. The normalized spacial score (nSPS) is 10.5. The molecule has 0 fully saturated rings. The molecular formula is C10H10ClF2NO3. The number of ether oxygens (including phenoxy) is 2. The third kappa shape index (κ3) is 3.26. The Morgan fingerprint density at radius 3 is 2.65 bits per heavy atom. The summed E-state index contributed by atoms with van der Waals surface area (Å²) in [5.41, 5.74) is -0.488. The summed E-state index contributed by atoms with van der Waals surface area (Å²) in [4.78, 5) is 14.6. The largest absolute Gasteiger partial charge is 0.495 e. The average Bonchev–Trinajstić information content (AvgIpc) is 2.30. The molecule has 7 heteroatoms. The number of alkyl halides is 2. The number of aromatic nitrogens is 1. The van der Waals surface area contributed by atoms with Gasteiger partial charge in [0, 0.05) is 6.07 Å². The molecule has 0 radical (unpaired) electrons. The molecular weight excluding hydrogens is 256 g/mol. The van der Waals surface area contributed by atoms with E-state index in [0.717, 1.165) is 0 Å². The lowest BCUT2D eigenvalue weighted by Gasteiger charge is -2.10. The first-order chi connectivity index (χ1) is 7.99. The second-order valence-corrected chi connectivity index (χ2v) is 3.45. The van der Waals surface area contributed by atoms with Crippen LogP contribution in [0.3, 0.4) is 0 Å². The molecule has 1 aromatic rings. The number of methoxy groups -OCH3 is 2. The van der Waals surface area contributed by atoms with E-state index in [1.54, 1.807) is 0 Å². The molecule has 0 spiro atoms. The van der Waals surface area contributed by atoms with Crippen LogP contribution < -0.4 is 4.74 Å². The van der Waals surface area contributed by atoms with Crippen LogP contribution >= 0.6 is 11.6 Å². The van der Waals surface area contributed by atoms with E-state index < -0.39 is 18.1 Å². The zero-order valence-corrected chi connectivity index (χ0v) is 9.92. The van der Waals surface area contributed by atoms with Gasteiger partial charge in [-0.2, -0.15) is 0 Å². The third-order valence-corrected chi connectivity index (χ3v) is 2.36. The van der Waals surface area contributed by atoms with Crippen molar-refractivity contribution in [2.75, 3.05) is 14.2 Å². The number of hydrogen-bond acceptors (Lipinski definition) is 4. The Morgan fingerprint density at radius 1 is 1.53 bits per heavy atom. The van der Waals surface area contributed by atoms with Gasteiger partial charge in [-0.25, -0.2) is 13.8 Å². The molecule has 0 atom stereocenters. The number of nitrogens with zero attached hydrogens (tertiary/aromatic N) is 1. The summed E-state index contributed by atoms with van der Waals surface area (Å²) in [7, 11) is 2.49. The monoisotopic (exact) mass is 265 g/mol. The second kappa shape index (κ2) is 5.77. The molecule has 0 aliphatic carbocycles. The molecule has 0 unspecified atom stereocenters. The molecule has 0 N–H and O–H groups in total. The van der Waals surface area contributed by atoms with Crippen molar-refractivity contribution in [1.82, 2.24) is 4.98 Å². The van der Waals surface area contributed by atoms with Crippen LogP contribution in [0.15, 0.2) is 6.07 Å². The van der Waals surface area contributed by atoms with Gasteiger partial charge in [0.05, 0.1) is 26.3 Å². The van der Waals surface area contributed by atoms with Gasteiger partial charge in [-0.05, 0) is 0 Å². The van der Waals surface area contributed by atoms with Gasteiger partial charge in [0.1, 0.15) is 16.5 Å². The van der Waals surface area contributed by atoms with Gasteiger partial charge in [0.25, 0.3) is 6.43 Å². The molecule has 4 nitrogen and oxygen atoms in total. The fraction of sp³-hybridized carbons (Fsp3) is 0.400. The van der Waals surface area contributed by atoms with E-state index in [1.165, 1.54) is 20.3 Å². The Hall–Kier alpha value is -1.43. The van der Waals surface area contributed by atoms with E-state index in [2.05, 4.69) is 9.72 Å². The van der Waals surface area contributed by atoms with Crippen LogP contribution in [0, 0.1) is 0 Å². The predicted molar refractivity (Wildman–Crippen MR) is 56.5 cm³/mol. The lowest BCUT2D eigenvalue weighted by atomic mass is 10.2. The summed E-state index contributed by atoms with van der Waals surface area (Å²) in [6, 6.07) is 1.32. The number of pyridine rings is 1. The molecule has 0 saturated carbocycles. The first-order valence-electron chi connectivity index (χ1n) is 4.57.